The van der Waals surface area contributed by atoms with Gasteiger partial charge in [-0.3, -0.25) is 4.79 Å². The van der Waals surface area contributed by atoms with E-state index in [2.05, 4.69) is 10.6 Å². The number of amides is 1. The van der Waals surface area contributed by atoms with Crippen LogP contribution in [0, 0.1) is 0 Å². The lowest BCUT2D eigenvalue weighted by Crippen LogP contribution is -2.34. The third-order valence-corrected chi connectivity index (χ3v) is 1.89. The first-order chi connectivity index (χ1) is 6.33. The fourth-order valence-electron chi connectivity index (χ4n) is 1.01. The van der Waals surface area contributed by atoms with Crippen molar-refractivity contribution < 1.29 is 9.53 Å². The highest BCUT2D eigenvalue weighted by Gasteiger charge is 2.19. The molecule has 0 unspecified atom stereocenters. The standard InChI is InChI=1S/C9H18N2O2/c1-2-13-7-9(12)11-6-5-10-8-3-4-8/h8,10H,2-7H2,1H3,(H,11,12). The summed E-state index contributed by atoms with van der Waals surface area (Å²) in [5.41, 5.74) is 0. The van der Waals surface area contributed by atoms with Gasteiger partial charge in [-0.15, -0.1) is 0 Å². The predicted molar refractivity (Wildman–Crippen MR) is 50.5 cm³/mol. The molecule has 0 aromatic carbocycles. The van der Waals surface area contributed by atoms with Crippen molar-refractivity contribution >= 4 is 5.91 Å². The average molecular weight is 186 g/mol. The minimum Gasteiger partial charge on any atom is -0.372 e. The fourth-order valence-corrected chi connectivity index (χ4v) is 1.01. The van der Waals surface area contributed by atoms with E-state index in [-0.39, 0.29) is 12.5 Å². The maximum atomic E-state index is 11.0. The van der Waals surface area contributed by atoms with Gasteiger partial charge in [0.1, 0.15) is 6.61 Å². The zero-order valence-electron chi connectivity index (χ0n) is 8.14. The molecule has 13 heavy (non-hydrogen) atoms. The van der Waals surface area contributed by atoms with Gasteiger partial charge in [-0.1, -0.05) is 0 Å². The minimum absolute atomic E-state index is 0.0283. The first kappa shape index (κ1) is 10.5. The molecule has 4 heteroatoms. The van der Waals surface area contributed by atoms with E-state index in [0.717, 1.165) is 6.54 Å². The molecule has 0 aromatic heterocycles. The molecule has 2 N–H and O–H groups in total. The molecule has 0 radical (unpaired) electrons. The van der Waals surface area contributed by atoms with Crippen molar-refractivity contribution in [2.45, 2.75) is 25.8 Å². The minimum atomic E-state index is -0.0283. The van der Waals surface area contributed by atoms with E-state index in [9.17, 15) is 4.79 Å². The van der Waals surface area contributed by atoms with Crippen molar-refractivity contribution in [2.75, 3.05) is 26.3 Å². The maximum Gasteiger partial charge on any atom is 0.246 e. The Balaban J connectivity index is 1.82. The molecule has 0 bridgehead atoms. The van der Waals surface area contributed by atoms with Crippen molar-refractivity contribution in [1.29, 1.82) is 0 Å². The van der Waals surface area contributed by atoms with E-state index >= 15 is 0 Å². The molecule has 0 aliphatic heterocycles. The van der Waals surface area contributed by atoms with Gasteiger partial charge in [-0.25, -0.2) is 0 Å². The highest BCUT2D eigenvalue weighted by Crippen LogP contribution is 2.17. The Morgan fingerprint density at radius 1 is 1.46 bits per heavy atom. The van der Waals surface area contributed by atoms with Gasteiger partial charge < -0.3 is 15.4 Å². The number of carbonyl (C=O) groups is 1. The molecule has 0 heterocycles. The number of carbonyl (C=O) groups excluding carboxylic acids is 1. The number of nitrogens with one attached hydrogen (secondary N) is 2. The summed E-state index contributed by atoms with van der Waals surface area (Å²) in [6, 6.07) is 0.712. The number of ether oxygens (including phenoxy) is 1. The molecule has 1 fully saturated rings. The Morgan fingerprint density at radius 3 is 2.85 bits per heavy atom. The van der Waals surface area contributed by atoms with Crippen LogP contribution in [0.2, 0.25) is 0 Å². The lowest BCUT2D eigenvalue weighted by Gasteiger charge is -2.05. The first-order valence-electron chi connectivity index (χ1n) is 4.90. The lowest BCUT2D eigenvalue weighted by molar-refractivity contribution is -0.125. The van der Waals surface area contributed by atoms with Crippen LogP contribution in [-0.4, -0.2) is 38.3 Å². The Kier molecular flexibility index (Phi) is 4.78. The number of hydrogen-bond acceptors (Lipinski definition) is 3. The van der Waals surface area contributed by atoms with E-state index in [4.69, 9.17) is 4.74 Å². The molecular formula is C9H18N2O2. The van der Waals surface area contributed by atoms with Gasteiger partial charge >= 0.3 is 0 Å². The summed E-state index contributed by atoms with van der Waals surface area (Å²) in [7, 11) is 0. The third kappa shape index (κ3) is 5.60. The first-order valence-corrected chi connectivity index (χ1v) is 4.90. The summed E-state index contributed by atoms with van der Waals surface area (Å²) < 4.78 is 4.95. The van der Waals surface area contributed by atoms with Crippen LogP contribution in [-0.2, 0) is 9.53 Å². The van der Waals surface area contributed by atoms with Crippen molar-refractivity contribution in [2.24, 2.45) is 0 Å². The summed E-state index contributed by atoms with van der Waals surface area (Å²) >= 11 is 0. The molecule has 0 spiro atoms. The SMILES string of the molecule is CCOCC(=O)NCCNC1CC1. The van der Waals surface area contributed by atoms with Crippen LogP contribution in [0.5, 0.6) is 0 Å². The zero-order chi connectivity index (χ0) is 9.52. The predicted octanol–water partition coefficient (Wildman–Crippen LogP) is -0.109. The topological polar surface area (TPSA) is 50.4 Å². The van der Waals surface area contributed by atoms with Crippen LogP contribution in [0.1, 0.15) is 19.8 Å². The number of rotatable bonds is 7. The average Bonchev–Trinajstić information content (AvgIpc) is 2.92. The Labute approximate surface area is 79.0 Å². The maximum absolute atomic E-state index is 11.0. The van der Waals surface area contributed by atoms with Gasteiger partial charge in [0.2, 0.25) is 5.91 Å². The molecule has 1 aliphatic rings. The summed E-state index contributed by atoms with van der Waals surface area (Å²) in [6.45, 7) is 4.21. The number of hydrogen-bond donors (Lipinski definition) is 2. The Bertz CT molecular complexity index is 158. The van der Waals surface area contributed by atoms with Crippen LogP contribution in [0.25, 0.3) is 0 Å². The summed E-state index contributed by atoms with van der Waals surface area (Å²) in [5, 5.41) is 6.09. The van der Waals surface area contributed by atoms with E-state index in [1.165, 1.54) is 12.8 Å². The fraction of sp³-hybridized carbons (Fsp3) is 0.889. The highest BCUT2D eigenvalue weighted by molar-refractivity contribution is 5.77. The van der Waals surface area contributed by atoms with E-state index < -0.39 is 0 Å². The molecule has 1 aliphatic carbocycles. The van der Waals surface area contributed by atoms with Crippen LogP contribution in [0.15, 0.2) is 0 Å². The van der Waals surface area contributed by atoms with Crippen molar-refractivity contribution in [3.63, 3.8) is 0 Å². The van der Waals surface area contributed by atoms with Gasteiger partial charge in [0.05, 0.1) is 0 Å². The van der Waals surface area contributed by atoms with Gasteiger partial charge in [-0.05, 0) is 19.8 Å². The van der Waals surface area contributed by atoms with E-state index in [0.29, 0.717) is 19.2 Å². The van der Waals surface area contributed by atoms with Crippen molar-refractivity contribution in [1.82, 2.24) is 10.6 Å². The van der Waals surface area contributed by atoms with Crippen LogP contribution >= 0.6 is 0 Å². The van der Waals surface area contributed by atoms with Crippen LogP contribution < -0.4 is 10.6 Å². The van der Waals surface area contributed by atoms with Crippen LogP contribution in [0.4, 0.5) is 0 Å². The lowest BCUT2D eigenvalue weighted by atomic mass is 10.5. The van der Waals surface area contributed by atoms with E-state index in [1.54, 1.807) is 0 Å². The normalized spacial score (nSPS) is 15.8. The van der Waals surface area contributed by atoms with Gasteiger partial charge in [0.25, 0.3) is 0 Å². The smallest absolute Gasteiger partial charge is 0.246 e. The molecule has 4 nitrogen and oxygen atoms in total. The molecule has 1 amide bonds. The summed E-state index contributed by atoms with van der Waals surface area (Å²) in [6.07, 6.45) is 2.57. The Morgan fingerprint density at radius 2 is 2.23 bits per heavy atom. The molecule has 76 valence electrons. The molecule has 0 saturated heterocycles. The second kappa shape index (κ2) is 5.94. The van der Waals surface area contributed by atoms with Crippen LogP contribution in [0.3, 0.4) is 0 Å². The molecular weight excluding hydrogens is 168 g/mol. The zero-order valence-corrected chi connectivity index (χ0v) is 8.14. The molecule has 1 saturated carbocycles. The molecule has 1 rings (SSSR count). The summed E-state index contributed by atoms with van der Waals surface area (Å²) in [4.78, 5) is 11.0. The monoisotopic (exact) mass is 186 g/mol. The second-order valence-corrected chi connectivity index (χ2v) is 3.22. The van der Waals surface area contributed by atoms with E-state index in [1.807, 2.05) is 6.92 Å². The highest BCUT2D eigenvalue weighted by atomic mass is 16.5. The largest absolute Gasteiger partial charge is 0.372 e. The van der Waals surface area contributed by atoms with Crippen molar-refractivity contribution in [3.8, 4) is 0 Å². The van der Waals surface area contributed by atoms with Gasteiger partial charge in [-0.2, -0.15) is 0 Å². The van der Waals surface area contributed by atoms with Gasteiger partial charge in [0.15, 0.2) is 0 Å². The molecule has 0 atom stereocenters. The third-order valence-electron chi connectivity index (χ3n) is 1.89. The van der Waals surface area contributed by atoms with Crippen molar-refractivity contribution in [3.05, 3.63) is 0 Å². The van der Waals surface area contributed by atoms with Gasteiger partial charge in [0, 0.05) is 25.7 Å². The second-order valence-electron chi connectivity index (χ2n) is 3.22. The summed E-state index contributed by atoms with van der Waals surface area (Å²) in [5.74, 6) is -0.0283. The molecule has 0 aromatic rings. The quantitative estimate of drug-likeness (QED) is 0.545. The Hall–Kier alpha value is -0.610.